The first-order chi connectivity index (χ1) is 9.43. The van der Waals surface area contributed by atoms with E-state index < -0.39 is 0 Å². The van der Waals surface area contributed by atoms with Crippen LogP contribution in [0.15, 0.2) is 60.7 Å². The van der Waals surface area contributed by atoms with Crippen molar-refractivity contribution in [3.63, 3.8) is 0 Å². The highest BCUT2D eigenvalue weighted by molar-refractivity contribution is 5.71. The van der Waals surface area contributed by atoms with Gasteiger partial charge in [-0.15, -0.1) is 0 Å². The van der Waals surface area contributed by atoms with Crippen molar-refractivity contribution in [1.29, 1.82) is 0 Å². The van der Waals surface area contributed by atoms with Gasteiger partial charge >= 0.3 is 0 Å². The Balaban J connectivity index is 1.63. The summed E-state index contributed by atoms with van der Waals surface area (Å²) < 4.78 is 0. The monoisotopic (exact) mass is 249 g/mol. The maximum Gasteiger partial charge on any atom is 0.0211 e. The molecule has 1 nitrogen and oxygen atoms in total. The highest BCUT2D eigenvalue weighted by Gasteiger charge is 2.10. The van der Waals surface area contributed by atoms with E-state index in [4.69, 9.17) is 0 Å². The third-order valence-corrected chi connectivity index (χ3v) is 3.66. The van der Waals surface area contributed by atoms with E-state index in [0.29, 0.717) is 0 Å². The lowest BCUT2D eigenvalue weighted by Crippen LogP contribution is -2.17. The average molecular weight is 249 g/mol. The van der Waals surface area contributed by atoms with Crippen LogP contribution in [0.25, 0.3) is 5.57 Å². The van der Waals surface area contributed by atoms with Gasteiger partial charge in [-0.1, -0.05) is 60.7 Å². The molecule has 1 aliphatic carbocycles. The van der Waals surface area contributed by atoms with Crippen LogP contribution in [0.3, 0.4) is 0 Å². The van der Waals surface area contributed by atoms with Crippen LogP contribution in [0, 0.1) is 0 Å². The molecular formula is C18H19N. The Morgan fingerprint density at radius 1 is 0.842 bits per heavy atom. The van der Waals surface area contributed by atoms with E-state index >= 15 is 0 Å². The summed E-state index contributed by atoms with van der Waals surface area (Å²) in [7, 11) is 0. The molecule has 0 saturated carbocycles. The van der Waals surface area contributed by atoms with Crippen molar-refractivity contribution in [3.8, 4) is 0 Å². The fourth-order valence-corrected chi connectivity index (χ4v) is 2.67. The molecule has 0 spiro atoms. The second kappa shape index (κ2) is 5.85. The molecule has 96 valence electrons. The highest BCUT2D eigenvalue weighted by Crippen LogP contribution is 2.25. The van der Waals surface area contributed by atoms with Crippen molar-refractivity contribution in [2.24, 2.45) is 0 Å². The van der Waals surface area contributed by atoms with Crippen LogP contribution < -0.4 is 5.32 Å². The fraction of sp³-hybridized carbons (Fsp3) is 0.222. The van der Waals surface area contributed by atoms with Gasteiger partial charge in [-0.2, -0.15) is 0 Å². The van der Waals surface area contributed by atoms with Crippen molar-refractivity contribution in [1.82, 2.24) is 5.32 Å². The van der Waals surface area contributed by atoms with Crippen LogP contribution in [0.1, 0.15) is 23.1 Å². The Labute approximate surface area is 115 Å². The molecule has 0 amide bonds. The summed E-state index contributed by atoms with van der Waals surface area (Å²) in [4.78, 5) is 0. The second-order valence-electron chi connectivity index (χ2n) is 5.01. The molecule has 0 aromatic heterocycles. The van der Waals surface area contributed by atoms with Gasteiger partial charge in [-0.25, -0.2) is 0 Å². The molecule has 0 saturated heterocycles. The Bertz CT molecular complexity index is 569. The summed E-state index contributed by atoms with van der Waals surface area (Å²) in [6.45, 7) is 1.88. The number of rotatable bonds is 4. The zero-order valence-corrected chi connectivity index (χ0v) is 11.1. The summed E-state index contributed by atoms with van der Waals surface area (Å²) in [6.07, 6.45) is 4.72. The van der Waals surface area contributed by atoms with Gasteiger partial charge in [0.05, 0.1) is 0 Å². The predicted molar refractivity (Wildman–Crippen MR) is 80.9 cm³/mol. The summed E-state index contributed by atoms with van der Waals surface area (Å²) >= 11 is 0. The van der Waals surface area contributed by atoms with Gasteiger partial charge in [0.1, 0.15) is 0 Å². The van der Waals surface area contributed by atoms with E-state index in [1.54, 1.807) is 0 Å². The molecule has 2 aromatic carbocycles. The first-order valence-electron chi connectivity index (χ1n) is 6.95. The van der Waals surface area contributed by atoms with Crippen LogP contribution >= 0.6 is 0 Å². The molecule has 0 fully saturated rings. The third-order valence-electron chi connectivity index (χ3n) is 3.66. The first-order valence-corrected chi connectivity index (χ1v) is 6.95. The van der Waals surface area contributed by atoms with Gasteiger partial charge in [-0.05, 0) is 35.1 Å². The maximum atomic E-state index is 3.54. The smallest absolute Gasteiger partial charge is 0.0211 e. The molecule has 0 atom stereocenters. The zero-order valence-electron chi connectivity index (χ0n) is 11.1. The van der Waals surface area contributed by atoms with Gasteiger partial charge in [-0.3, -0.25) is 0 Å². The molecule has 0 radical (unpaired) electrons. The molecule has 1 aliphatic rings. The number of allylic oxidation sites excluding steroid dienone is 1. The van der Waals surface area contributed by atoms with Gasteiger partial charge < -0.3 is 5.32 Å². The molecular weight excluding hydrogens is 230 g/mol. The van der Waals surface area contributed by atoms with Gasteiger partial charge in [0, 0.05) is 13.1 Å². The third kappa shape index (κ3) is 2.94. The van der Waals surface area contributed by atoms with E-state index in [1.807, 2.05) is 0 Å². The van der Waals surface area contributed by atoms with Crippen molar-refractivity contribution in [2.45, 2.75) is 19.4 Å². The summed E-state index contributed by atoms with van der Waals surface area (Å²) in [5.41, 5.74) is 5.70. The van der Waals surface area contributed by atoms with Crippen LogP contribution in [0.4, 0.5) is 0 Å². The van der Waals surface area contributed by atoms with Gasteiger partial charge in [0.15, 0.2) is 0 Å². The SMILES string of the molecule is C1=C(CNCc2ccccc2)c2ccccc2CC1. The lowest BCUT2D eigenvalue weighted by molar-refractivity contribution is 0.762. The quantitative estimate of drug-likeness (QED) is 0.869. The molecule has 0 bridgehead atoms. The van der Waals surface area contributed by atoms with E-state index in [9.17, 15) is 0 Å². The molecule has 0 aliphatic heterocycles. The minimum Gasteiger partial charge on any atom is -0.309 e. The lowest BCUT2D eigenvalue weighted by atomic mass is 9.91. The van der Waals surface area contributed by atoms with Crippen molar-refractivity contribution in [3.05, 3.63) is 77.4 Å². The summed E-state index contributed by atoms with van der Waals surface area (Å²) in [5.74, 6) is 0. The summed E-state index contributed by atoms with van der Waals surface area (Å²) in [6, 6.07) is 19.3. The van der Waals surface area contributed by atoms with Crippen LogP contribution in [-0.4, -0.2) is 6.54 Å². The predicted octanol–water partition coefficient (Wildman–Crippen LogP) is 3.81. The number of nitrogens with one attached hydrogen (secondary N) is 1. The number of hydrogen-bond acceptors (Lipinski definition) is 1. The average Bonchev–Trinajstić information content (AvgIpc) is 2.49. The molecule has 0 heterocycles. The van der Waals surface area contributed by atoms with E-state index in [-0.39, 0.29) is 0 Å². The van der Waals surface area contributed by atoms with E-state index in [1.165, 1.54) is 35.1 Å². The Hall–Kier alpha value is -1.86. The first kappa shape index (κ1) is 12.2. The minimum absolute atomic E-state index is 0.931. The number of fused-ring (bicyclic) bond motifs is 1. The Morgan fingerprint density at radius 3 is 2.53 bits per heavy atom. The van der Waals surface area contributed by atoms with Crippen molar-refractivity contribution in [2.75, 3.05) is 6.54 Å². The van der Waals surface area contributed by atoms with E-state index in [0.717, 1.165) is 13.1 Å². The number of aryl methyl sites for hydroxylation is 1. The Kier molecular flexibility index (Phi) is 3.75. The second-order valence-corrected chi connectivity index (χ2v) is 5.01. The van der Waals surface area contributed by atoms with Gasteiger partial charge in [0.2, 0.25) is 0 Å². The summed E-state index contributed by atoms with van der Waals surface area (Å²) in [5, 5.41) is 3.54. The normalized spacial score (nSPS) is 13.8. The minimum atomic E-state index is 0.931. The molecule has 0 unspecified atom stereocenters. The molecule has 19 heavy (non-hydrogen) atoms. The zero-order chi connectivity index (χ0) is 12.9. The molecule has 1 heteroatoms. The largest absolute Gasteiger partial charge is 0.309 e. The van der Waals surface area contributed by atoms with Gasteiger partial charge in [0.25, 0.3) is 0 Å². The van der Waals surface area contributed by atoms with Crippen molar-refractivity contribution < 1.29 is 0 Å². The van der Waals surface area contributed by atoms with Crippen molar-refractivity contribution >= 4 is 5.57 Å². The van der Waals surface area contributed by atoms with E-state index in [2.05, 4.69) is 66.0 Å². The highest BCUT2D eigenvalue weighted by atomic mass is 14.8. The molecule has 1 N–H and O–H groups in total. The van der Waals surface area contributed by atoms with Crippen LogP contribution in [0.2, 0.25) is 0 Å². The Morgan fingerprint density at radius 2 is 1.63 bits per heavy atom. The lowest BCUT2D eigenvalue weighted by Gasteiger charge is -2.18. The standard InChI is InChI=1S/C18H19N/c1-2-7-15(8-3-1)13-19-14-17-11-6-10-16-9-4-5-12-18(16)17/h1-5,7-9,11-12,19H,6,10,13-14H2. The topological polar surface area (TPSA) is 12.0 Å². The number of hydrogen-bond donors (Lipinski definition) is 1. The van der Waals surface area contributed by atoms with Crippen LogP contribution in [-0.2, 0) is 13.0 Å². The van der Waals surface area contributed by atoms with Crippen LogP contribution in [0.5, 0.6) is 0 Å². The maximum absolute atomic E-state index is 3.54. The fourth-order valence-electron chi connectivity index (χ4n) is 2.67. The number of benzene rings is 2. The molecule has 2 aromatic rings. The molecule has 3 rings (SSSR count).